The predicted molar refractivity (Wildman–Crippen MR) is 93.7 cm³/mol. The molecule has 26 heavy (non-hydrogen) atoms. The molecule has 136 valence electrons. The maximum atomic E-state index is 12.9. The Kier molecular flexibility index (Phi) is 4.57. The normalized spacial score (nSPS) is 18.9. The van der Waals surface area contributed by atoms with Crippen LogP contribution in [0.5, 0.6) is 0 Å². The van der Waals surface area contributed by atoms with Gasteiger partial charge < -0.3 is 19.7 Å². The number of nitrogens with zero attached hydrogens (tertiary/aromatic N) is 2. The Balaban J connectivity index is 1.37. The number of amides is 1. The van der Waals surface area contributed by atoms with Crippen LogP contribution in [0.15, 0.2) is 42.6 Å². The summed E-state index contributed by atoms with van der Waals surface area (Å²) in [6.07, 6.45) is 2.97. The van der Waals surface area contributed by atoms with Gasteiger partial charge in [-0.3, -0.25) is 4.79 Å². The summed E-state index contributed by atoms with van der Waals surface area (Å²) in [6.45, 7) is 2.43. The third kappa shape index (κ3) is 3.54. The topological polar surface area (TPSA) is 63.7 Å². The molecule has 4 rings (SSSR count). The van der Waals surface area contributed by atoms with E-state index < -0.39 is 5.79 Å². The van der Waals surface area contributed by atoms with Crippen LogP contribution in [0.2, 0.25) is 0 Å². The van der Waals surface area contributed by atoms with Gasteiger partial charge in [-0.15, -0.1) is 0 Å². The van der Waals surface area contributed by atoms with E-state index in [4.69, 9.17) is 9.47 Å². The molecule has 2 aliphatic heterocycles. The lowest BCUT2D eigenvalue weighted by Crippen LogP contribution is -2.47. The van der Waals surface area contributed by atoms with Crippen molar-refractivity contribution in [1.29, 1.82) is 0 Å². The minimum absolute atomic E-state index is 0.0915. The molecule has 2 saturated heterocycles. The van der Waals surface area contributed by atoms with Crippen LogP contribution in [0.4, 0.5) is 15.8 Å². The fourth-order valence-corrected chi connectivity index (χ4v) is 3.29. The number of pyridine rings is 1. The van der Waals surface area contributed by atoms with E-state index in [0.717, 1.165) is 11.4 Å². The summed E-state index contributed by atoms with van der Waals surface area (Å²) in [5, 5.41) is 3.12. The quantitative estimate of drug-likeness (QED) is 0.915. The zero-order valence-electron chi connectivity index (χ0n) is 14.3. The molecule has 1 N–H and O–H groups in total. The fourth-order valence-electron chi connectivity index (χ4n) is 3.29. The number of aromatic nitrogens is 1. The molecule has 1 amide bonds. The van der Waals surface area contributed by atoms with Crippen LogP contribution in [0, 0.1) is 5.82 Å². The van der Waals surface area contributed by atoms with E-state index in [1.807, 2.05) is 0 Å². The summed E-state index contributed by atoms with van der Waals surface area (Å²) in [7, 11) is 0. The summed E-state index contributed by atoms with van der Waals surface area (Å²) in [5.41, 5.74) is 1.89. The molecule has 2 aromatic rings. The van der Waals surface area contributed by atoms with Crippen LogP contribution >= 0.6 is 0 Å². The van der Waals surface area contributed by atoms with Crippen molar-refractivity contribution in [3.8, 4) is 0 Å². The maximum Gasteiger partial charge on any atom is 0.272 e. The number of carbonyl (C=O) groups is 1. The second-order valence-corrected chi connectivity index (χ2v) is 6.46. The Morgan fingerprint density at radius 1 is 1.04 bits per heavy atom. The van der Waals surface area contributed by atoms with E-state index in [1.165, 1.54) is 12.1 Å². The van der Waals surface area contributed by atoms with Gasteiger partial charge in [0.15, 0.2) is 5.79 Å². The van der Waals surface area contributed by atoms with Gasteiger partial charge in [0.1, 0.15) is 11.5 Å². The van der Waals surface area contributed by atoms with Crippen LogP contribution < -0.4 is 5.32 Å². The largest absolute Gasteiger partial charge is 0.354 e. The van der Waals surface area contributed by atoms with Gasteiger partial charge in [0.05, 0.1) is 25.1 Å². The van der Waals surface area contributed by atoms with Crippen molar-refractivity contribution in [1.82, 2.24) is 9.88 Å². The number of carbonyl (C=O) groups excluding carboxylic acids is 1. The Morgan fingerprint density at radius 3 is 2.31 bits per heavy atom. The molecule has 0 aliphatic carbocycles. The number of benzene rings is 1. The van der Waals surface area contributed by atoms with E-state index >= 15 is 0 Å². The lowest BCUT2D eigenvalue weighted by atomic mass is 10.0. The first kappa shape index (κ1) is 16.9. The molecule has 0 bridgehead atoms. The van der Waals surface area contributed by atoms with Crippen molar-refractivity contribution < 1.29 is 18.7 Å². The summed E-state index contributed by atoms with van der Waals surface area (Å²) >= 11 is 0. The van der Waals surface area contributed by atoms with Crippen molar-refractivity contribution in [3.05, 3.63) is 54.1 Å². The van der Waals surface area contributed by atoms with Crippen molar-refractivity contribution in [2.45, 2.75) is 18.6 Å². The molecule has 0 atom stereocenters. The van der Waals surface area contributed by atoms with Gasteiger partial charge >= 0.3 is 0 Å². The van der Waals surface area contributed by atoms with Crippen LogP contribution in [0.3, 0.4) is 0 Å². The van der Waals surface area contributed by atoms with Crippen molar-refractivity contribution in [3.63, 3.8) is 0 Å². The Morgan fingerprint density at radius 2 is 1.69 bits per heavy atom. The first-order valence-corrected chi connectivity index (χ1v) is 8.69. The summed E-state index contributed by atoms with van der Waals surface area (Å²) in [4.78, 5) is 18.7. The molecule has 1 aromatic carbocycles. The summed E-state index contributed by atoms with van der Waals surface area (Å²) in [5.74, 6) is -0.870. The van der Waals surface area contributed by atoms with Gasteiger partial charge in [-0.05, 0) is 36.4 Å². The molecule has 0 unspecified atom stereocenters. The van der Waals surface area contributed by atoms with E-state index in [9.17, 15) is 9.18 Å². The first-order valence-electron chi connectivity index (χ1n) is 8.69. The predicted octanol–water partition coefficient (Wildman–Crippen LogP) is 2.94. The summed E-state index contributed by atoms with van der Waals surface area (Å²) < 4.78 is 24.3. The minimum atomic E-state index is -0.493. The fraction of sp³-hybridized carbons (Fsp3) is 0.368. The average molecular weight is 357 g/mol. The standard InChI is InChI=1S/C19H20FN3O3/c20-14-1-3-15(4-2-14)22-16-5-6-17(21-13-16)18(24)23-9-7-19(8-10-23)25-11-12-26-19/h1-6,13,22H,7-12H2. The highest BCUT2D eigenvalue weighted by molar-refractivity contribution is 5.92. The molecule has 6 nitrogen and oxygen atoms in total. The highest BCUT2D eigenvalue weighted by Crippen LogP contribution is 2.31. The van der Waals surface area contributed by atoms with E-state index in [-0.39, 0.29) is 11.7 Å². The lowest BCUT2D eigenvalue weighted by Gasteiger charge is -2.37. The zero-order valence-corrected chi connectivity index (χ0v) is 14.3. The zero-order chi connectivity index (χ0) is 18.0. The van der Waals surface area contributed by atoms with Gasteiger partial charge in [0, 0.05) is 31.6 Å². The van der Waals surface area contributed by atoms with Crippen molar-refractivity contribution >= 4 is 17.3 Å². The van der Waals surface area contributed by atoms with Crippen LogP contribution in [-0.4, -0.2) is 47.9 Å². The minimum Gasteiger partial charge on any atom is -0.354 e. The highest BCUT2D eigenvalue weighted by Gasteiger charge is 2.40. The molecule has 0 saturated carbocycles. The Labute approximate surface area is 150 Å². The molecule has 3 heterocycles. The third-order valence-corrected chi connectivity index (χ3v) is 4.74. The lowest BCUT2D eigenvalue weighted by molar-refractivity contribution is -0.181. The number of rotatable bonds is 3. The van der Waals surface area contributed by atoms with Crippen LogP contribution in [0.1, 0.15) is 23.3 Å². The monoisotopic (exact) mass is 357 g/mol. The maximum absolute atomic E-state index is 12.9. The number of hydrogen-bond acceptors (Lipinski definition) is 5. The number of anilines is 2. The summed E-state index contributed by atoms with van der Waals surface area (Å²) in [6, 6.07) is 9.54. The number of hydrogen-bond donors (Lipinski definition) is 1. The molecule has 1 spiro atoms. The number of likely N-dealkylation sites (tertiary alicyclic amines) is 1. The van der Waals surface area contributed by atoms with E-state index in [1.54, 1.807) is 35.4 Å². The first-order chi connectivity index (χ1) is 12.6. The average Bonchev–Trinajstić information content (AvgIpc) is 3.12. The Hall–Kier alpha value is -2.51. The van der Waals surface area contributed by atoms with Gasteiger partial charge in [-0.25, -0.2) is 9.37 Å². The highest BCUT2D eigenvalue weighted by atomic mass is 19.1. The second kappa shape index (κ2) is 7.01. The number of piperidine rings is 1. The molecule has 7 heteroatoms. The van der Waals surface area contributed by atoms with Crippen molar-refractivity contribution in [2.75, 3.05) is 31.6 Å². The molecular weight excluding hydrogens is 337 g/mol. The molecular formula is C19H20FN3O3. The number of nitrogens with one attached hydrogen (secondary N) is 1. The van der Waals surface area contributed by atoms with Gasteiger partial charge in [0.25, 0.3) is 5.91 Å². The number of ether oxygens (including phenoxy) is 2. The number of halogens is 1. The van der Waals surface area contributed by atoms with Crippen LogP contribution in [-0.2, 0) is 9.47 Å². The van der Waals surface area contributed by atoms with Gasteiger partial charge in [0.2, 0.25) is 0 Å². The van der Waals surface area contributed by atoms with E-state index in [2.05, 4.69) is 10.3 Å². The SMILES string of the molecule is O=C(c1ccc(Nc2ccc(F)cc2)cn1)N1CCC2(CC1)OCCO2. The molecule has 1 aromatic heterocycles. The Bertz CT molecular complexity index is 764. The molecule has 2 fully saturated rings. The van der Waals surface area contributed by atoms with Crippen molar-refractivity contribution in [2.24, 2.45) is 0 Å². The molecule has 0 radical (unpaired) electrons. The molecule has 2 aliphatic rings. The van der Waals surface area contributed by atoms with Gasteiger partial charge in [-0.1, -0.05) is 0 Å². The van der Waals surface area contributed by atoms with Gasteiger partial charge in [-0.2, -0.15) is 0 Å². The van der Waals surface area contributed by atoms with Crippen LogP contribution in [0.25, 0.3) is 0 Å². The second-order valence-electron chi connectivity index (χ2n) is 6.46. The van der Waals surface area contributed by atoms with E-state index in [0.29, 0.717) is 44.8 Å². The third-order valence-electron chi connectivity index (χ3n) is 4.74. The smallest absolute Gasteiger partial charge is 0.272 e.